The minimum atomic E-state index is -0.586. The summed E-state index contributed by atoms with van der Waals surface area (Å²) in [5, 5.41) is 5.42. The molecule has 2 N–H and O–H groups in total. The average Bonchev–Trinajstić information content (AvgIpc) is 3.11. The Labute approximate surface area is 129 Å². The van der Waals surface area contributed by atoms with Crippen LogP contribution in [0.1, 0.15) is 41.5 Å². The summed E-state index contributed by atoms with van der Waals surface area (Å²) in [7, 11) is 1.60. The van der Waals surface area contributed by atoms with Crippen molar-refractivity contribution in [3.05, 3.63) is 21.9 Å². The third-order valence-corrected chi connectivity index (χ3v) is 4.80. The zero-order chi connectivity index (χ0) is 15.2. The van der Waals surface area contributed by atoms with Crippen molar-refractivity contribution in [2.24, 2.45) is 0 Å². The molecule has 0 saturated heterocycles. The average molecular weight is 310 g/mol. The molecule has 0 bridgehead atoms. The molecule has 2 rings (SSSR count). The van der Waals surface area contributed by atoms with Crippen LogP contribution in [-0.4, -0.2) is 31.5 Å². The number of thiophene rings is 1. The number of nitrogens with one attached hydrogen (secondary N) is 2. The normalized spacial score (nSPS) is 16.7. The van der Waals surface area contributed by atoms with E-state index in [-0.39, 0.29) is 12.1 Å². The number of amides is 2. The maximum absolute atomic E-state index is 11.8. The Morgan fingerprint density at radius 3 is 2.62 bits per heavy atom. The molecular weight excluding hydrogens is 288 g/mol. The first kappa shape index (κ1) is 16.0. The van der Waals surface area contributed by atoms with E-state index in [0.29, 0.717) is 6.54 Å². The van der Waals surface area contributed by atoms with E-state index in [9.17, 15) is 9.59 Å². The SMILES string of the molecule is CO[C@H](CNC(=O)C(=O)NC1CCCC1)c1ccc(C)s1. The minimum absolute atomic E-state index is 0.154. The van der Waals surface area contributed by atoms with E-state index in [2.05, 4.69) is 10.6 Å². The second kappa shape index (κ2) is 7.56. The van der Waals surface area contributed by atoms with Crippen LogP contribution in [0.4, 0.5) is 0 Å². The Bertz CT molecular complexity index is 495. The lowest BCUT2D eigenvalue weighted by molar-refractivity contribution is -0.139. The smallest absolute Gasteiger partial charge is 0.309 e. The number of rotatable bonds is 5. The van der Waals surface area contributed by atoms with Crippen LogP contribution >= 0.6 is 11.3 Å². The van der Waals surface area contributed by atoms with Crippen molar-refractivity contribution >= 4 is 23.2 Å². The van der Waals surface area contributed by atoms with Crippen molar-refractivity contribution in [3.8, 4) is 0 Å². The summed E-state index contributed by atoms with van der Waals surface area (Å²) in [5.74, 6) is -1.13. The van der Waals surface area contributed by atoms with Crippen molar-refractivity contribution < 1.29 is 14.3 Å². The number of hydrogen-bond donors (Lipinski definition) is 2. The van der Waals surface area contributed by atoms with Crippen molar-refractivity contribution in [2.45, 2.75) is 44.8 Å². The number of methoxy groups -OCH3 is 1. The molecule has 1 atom stereocenters. The Kier molecular flexibility index (Phi) is 5.76. The van der Waals surface area contributed by atoms with Crippen LogP contribution in [-0.2, 0) is 14.3 Å². The lowest BCUT2D eigenvalue weighted by Gasteiger charge is -2.15. The van der Waals surface area contributed by atoms with Gasteiger partial charge >= 0.3 is 11.8 Å². The molecule has 6 heteroatoms. The van der Waals surface area contributed by atoms with Crippen LogP contribution in [0.2, 0.25) is 0 Å². The molecule has 116 valence electrons. The Hall–Kier alpha value is -1.40. The van der Waals surface area contributed by atoms with Crippen molar-refractivity contribution in [2.75, 3.05) is 13.7 Å². The summed E-state index contributed by atoms with van der Waals surface area (Å²) in [6.45, 7) is 2.32. The molecule has 1 aromatic rings. The molecule has 1 aromatic heterocycles. The summed E-state index contributed by atoms with van der Waals surface area (Å²) in [6.07, 6.45) is 3.96. The van der Waals surface area contributed by atoms with Gasteiger partial charge in [-0.3, -0.25) is 9.59 Å². The van der Waals surface area contributed by atoms with E-state index in [0.717, 1.165) is 30.6 Å². The predicted octanol–water partition coefficient (Wildman–Crippen LogP) is 1.92. The molecule has 0 unspecified atom stereocenters. The second-order valence-electron chi connectivity index (χ2n) is 5.34. The first-order valence-electron chi connectivity index (χ1n) is 7.28. The Balaban J connectivity index is 1.80. The highest BCUT2D eigenvalue weighted by atomic mass is 32.1. The van der Waals surface area contributed by atoms with Gasteiger partial charge in [-0.15, -0.1) is 11.3 Å². The summed E-state index contributed by atoms with van der Waals surface area (Å²) in [5.41, 5.74) is 0. The lowest BCUT2D eigenvalue weighted by atomic mass is 10.2. The molecule has 0 radical (unpaired) electrons. The molecule has 1 saturated carbocycles. The van der Waals surface area contributed by atoms with Crippen LogP contribution < -0.4 is 10.6 Å². The van der Waals surface area contributed by atoms with Crippen molar-refractivity contribution in [1.82, 2.24) is 10.6 Å². The van der Waals surface area contributed by atoms with Gasteiger partial charge < -0.3 is 15.4 Å². The molecule has 1 aliphatic rings. The lowest BCUT2D eigenvalue weighted by Crippen LogP contribution is -2.44. The number of ether oxygens (including phenoxy) is 1. The van der Waals surface area contributed by atoms with Gasteiger partial charge in [-0.2, -0.15) is 0 Å². The van der Waals surface area contributed by atoms with Crippen LogP contribution in [0.15, 0.2) is 12.1 Å². The summed E-state index contributed by atoms with van der Waals surface area (Å²) < 4.78 is 5.38. The van der Waals surface area contributed by atoms with Crippen LogP contribution in [0.3, 0.4) is 0 Å². The first-order valence-corrected chi connectivity index (χ1v) is 8.09. The summed E-state index contributed by atoms with van der Waals surface area (Å²) in [6, 6.07) is 4.15. The second-order valence-corrected chi connectivity index (χ2v) is 6.66. The van der Waals surface area contributed by atoms with Gasteiger partial charge in [0, 0.05) is 29.5 Å². The molecule has 0 spiro atoms. The topological polar surface area (TPSA) is 67.4 Å². The fourth-order valence-corrected chi connectivity index (χ4v) is 3.47. The van der Waals surface area contributed by atoms with Crippen molar-refractivity contribution in [1.29, 1.82) is 0 Å². The molecular formula is C15H22N2O3S. The largest absolute Gasteiger partial charge is 0.374 e. The van der Waals surface area contributed by atoms with Gasteiger partial charge in [-0.1, -0.05) is 12.8 Å². The number of aryl methyl sites for hydroxylation is 1. The summed E-state index contributed by atoms with van der Waals surface area (Å²) >= 11 is 1.63. The van der Waals surface area contributed by atoms with Gasteiger partial charge in [-0.05, 0) is 31.9 Å². The van der Waals surface area contributed by atoms with Crippen LogP contribution in [0.25, 0.3) is 0 Å². The maximum Gasteiger partial charge on any atom is 0.309 e. The molecule has 21 heavy (non-hydrogen) atoms. The third-order valence-electron chi connectivity index (χ3n) is 3.71. The highest BCUT2D eigenvalue weighted by Crippen LogP contribution is 2.24. The number of hydrogen-bond acceptors (Lipinski definition) is 4. The third kappa shape index (κ3) is 4.54. The fraction of sp³-hybridized carbons (Fsp3) is 0.600. The van der Waals surface area contributed by atoms with Gasteiger partial charge in [0.05, 0.1) is 0 Å². The van der Waals surface area contributed by atoms with Gasteiger partial charge in [0.15, 0.2) is 0 Å². The zero-order valence-electron chi connectivity index (χ0n) is 12.5. The quantitative estimate of drug-likeness (QED) is 0.817. The van der Waals surface area contributed by atoms with E-state index in [1.165, 1.54) is 4.88 Å². The van der Waals surface area contributed by atoms with Gasteiger partial charge in [0.2, 0.25) is 0 Å². The van der Waals surface area contributed by atoms with E-state index in [1.54, 1.807) is 18.4 Å². The highest BCUT2D eigenvalue weighted by molar-refractivity contribution is 7.12. The standard InChI is InChI=1S/C15H22N2O3S/c1-10-7-8-13(21-10)12(20-2)9-16-14(18)15(19)17-11-5-3-4-6-11/h7-8,11-12H,3-6,9H2,1-2H3,(H,16,18)(H,17,19)/t12-/m1/s1. The zero-order valence-corrected chi connectivity index (χ0v) is 13.3. The van der Waals surface area contributed by atoms with Crippen LogP contribution in [0, 0.1) is 6.92 Å². The molecule has 5 nitrogen and oxygen atoms in total. The van der Waals surface area contributed by atoms with Gasteiger partial charge in [0.25, 0.3) is 0 Å². The first-order chi connectivity index (χ1) is 10.1. The number of carbonyl (C=O) groups excluding carboxylic acids is 2. The molecule has 1 fully saturated rings. The predicted molar refractivity (Wildman–Crippen MR) is 82.2 cm³/mol. The molecule has 1 aliphatic carbocycles. The molecule has 0 aromatic carbocycles. The number of carbonyl (C=O) groups is 2. The van der Waals surface area contributed by atoms with Gasteiger partial charge in [0.1, 0.15) is 6.10 Å². The Morgan fingerprint density at radius 2 is 2.05 bits per heavy atom. The Morgan fingerprint density at radius 1 is 1.33 bits per heavy atom. The fourth-order valence-electron chi connectivity index (χ4n) is 2.51. The van der Waals surface area contributed by atoms with E-state index < -0.39 is 11.8 Å². The van der Waals surface area contributed by atoms with Gasteiger partial charge in [-0.25, -0.2) is 0 Å². The highest BCUT2D eigenvalue weighted by Gasteiger charge is 2.22. The minimum Gasteiger partial charge on any atom is -0.374 e. The van der Waals surface area contributed by atoms with Crippen molar-refractivity contribution in [3.63, 3.8) is 0 Å². The maximum atomic E-state index is 11.8. The summed E-state index contributed by atoms with van der Waals surface area (Å²) in [4.78, 5) is 25.8. The molecule has 0 aliphatic heterocycles. The monoisotopic (exact) mass is 310 g/mol. The van der Waals surface area contributed by atoms with Crippen LogP contribution in [0.5, 0.6) is 0 Å². The van der Waals surface area contributed by atoms with E-state index in [1.807, 2.05) is 19.1 Å². The van der Waals surface area contributed by atoms with E-state index in [4.69, 9.17) is 4.74 Å². The molecule has 1 heterocycles. The van der Waals surface area contributed by atoms with E-state index >= 15 is 0 Å². The molecule has 2 amide bonds.